The molecule has 0 radical (unpaired) electrons. The Morgan fingerprint density at radius 3 is 2.57 bits per heavy atom. The number of hydrogen-bond donors (Lipinski definition) is 1. The fourth-order valence-electron chi connectivity index (χ4n) is 2.47. The van der Waals surface area contributed by atoms with Gasteiger partial charge in [0.1, 0.15) is 11.5 Å². The molecule has 0 fully saturated rings. The van der Waals surface area contributed by atoms with Gasteiger partial charge >= 0.3 is 0 Å². The molecular formula is C17H18ClN3. The van der Waals surface area contributed by atoms with Crippen LogP contribution in [0.25, 0.3) is 16.9 Å². The second kappa shape index (κ2) is 5.41. The Balaban J connectivity index is 2.08. The Kier molecular flexibility index (Phi) is 3.60. The first-order valence-corrected chi connectivity index (χ1v) is 7.52. The maximum atomic E-state index is 6.21. The molecule has 2 aromatic heterocycles. The molecule has 3 rings (SSSR count). The lowest BCUT2D eigenvalue weighted by Gasteiger charge is -2.09. The molecule has 1 unspecified atom stereocenters. The lowest BCUT2D eigenvalue weighted by molar-refractivity contribution is 0.734. The molecule has 0 saturated heterocycles. The molecule has 2 N–H and O–H groups in total. The molecule has 0 saturated carbocycles. The summed E-state index contributed by atoms with van der Waals surface area (Å²) in [6.45, 7) is 4.43. The average molecular weight is 300 g/mol. The first-order chi connectivity index (χ1) is 10.1. The summed E-state index contributed by atoms with van der Waals surface area (Å²) >= 11 is 6.18. The van der Waals surface area contributed by atoms with Crippen LogP contribution in [0.15, 0.2) is 42.6 Å². The van der Waals surface area contributed by atoms with Crippen molar-refractivity contribution < 1.29 is 0 Å². The lowest BCUT2D eigenvalue weighted by atomic mass is 9.97. The molecule has 3 aromatic rings. The minimum atomic E-state index is 0.562. The van der Waals surface area contributed by atoms with Crippen LogP contribution in [0.5, 0.6) is 0 Å². The number of nitrogens with two attached hydrogens (primary N) is 1. The van der Waals surface area contributed by atoms with Crippen LogP contribution >= 0.6 is 11.6 Å². The van der Waals surface area contributed by atoms with E-state index in [1.54, 1.807) is 0 Å². The fraction of sp³-hybridized carbons (Fsp3) is 0.235. The third-order valence-electron chi connectivity index (χ3n) is 4.00. The fourth-order valence-corrected chi connectivity index (χ4v) is 2.68. The van der Waals surface area contributed by atoms with Crippen molar-refractivity contribution in [3.05, 3.63) is 53.2 Å². The van der Waals surface area contributed by atoms with Crippen molar-refractivity contribution in [2.45, 2.75) is 26.2 Å². The lowest BCUT2D eigenvalue weighted by Crippen LogP contribution is -1.94. The van der Waals surface area contributed by atoms with Crippen LogP contribution in [0.4, 0.5) is 5.82 Å². The molecular weight excluding hydrogens is 282 g/mol. The van der Waals surface area contributed by atoms with E-state index < -0.39 is 0 Å². The number of halogens is 1. The number of nitrogens with zero attached hydrogens (tertiary/aromatic N) is 2. The van der Waals surface area contributed by atoms with Crippen molar-refractivity contribution in [1.29, 1.82) is 0 Å². The van der Waals surface area contributed by atoms with Crippen LogP contribution in [0.1, 0.15) is 31.7 Å². The zero-order valence-corrected chi connectivity index (χ0v) is 12.9. The molecule has 0 bridgehead atoms. The van der Waals surface area contributed by atoms with E-state index in [4.69, 9.17) is 17.3 Å². The van der Waals surface area contributed by atoms with E-state index in [0.717, 1.165) is 17.7 Å². The van der Waals surface area contributed by atoms with Crippen LogP contribution in [0, 0.1) is 0 Å². The third-order valence-corrected chi connectivity index (χ3v) is 4.30. The van der Waals surface area contributed by atoms with Crippen LogP contribution in [-0.4, -0.2) is 9.38 Å². The molecule has 0 aliphatic heterocycles. The van der Waals surface area contributed by atoms with Crippen molar-refractivity contribution in [2.75, 3.05) is 5.73 Å². The monoisotopic (exact) mass is 299 g/mol. The Hall–Kier alpha value is -2.00. The summed E-state index contributed by atoms with van der Waals surface area (Å²) in [5, 5.41) is 0.603. The predicted octanol–water partition coefficient (Wildman–Crippen LogP) is 4.75. The zero-order valence-electron chi connectivity index (χ0n) is 12.2. The molecule has 0 aliphatic rings. The van der Waals surface area contributed by atoms with E-state index in [1.807, 2.05) is 22.7 Å². The highest BCUT2D eigenvalue weighted by Gasteiger charge is 2.13. The number of anilines is 1. The molecule has 0 aliphatic carbocycles. The van der Waals surface area contributed by atoms with Gasteiger partial charge in [0.2, 0.25) is 0 Å². The second-order valence-corrected chi connectivity index (χ2v) is 5.73. The largest absolute Gasteiger partial charge is 0.383 e. The Morgan fingerprint density at radius 1 is 1.24 bits per heavy atom. The van der Waals surface area contributed by atoms with Gasteiger partial charge in [-0.25, -0.2) is 4.98 Å². The standard InChI is InChI=1S/C17H18ClN3/c1-3-11(2)12-6-8-13(9-7-12)15-16(19)21-10-4-5-14(18)17(21)20-15/h4-11H,3,19H2,1-2H3. The number of imidazole rings is 1. The third kappa shape index (κ3) is 2.38. The molecule has 0 spiro atoms. The summed E-state index contributed by atoms with van der Waals surface area (Å²) in [7, 11) is 0. The van der Waals surface area contributed by atoms with Gasteiger partial charge in [0.05, 0.1) is 5.02 Å². The van der Waals surface area contributed by atoms with E-state index in [1.165, 1.54) is 5.56 Å². The zero-order chi connectivity index (χ0) is 15.0. The van der Waals surface area contributed by atoms with Crippen LogP contribution in [-0.2, 0) is 0 Å². The molecule has 0 amide bonds. The van der Waals surface area contributed by atoms with Gasteiger partial charge in [0.25, 0.3) is 0 Å². The average Bonchev–Trinajstić information content (AvgIpc) is 2.85. The number of nitrogen functional groups attached to an aromatic ring is 1. The van der Waals surface area contributed by atoms with Crippen molar-refractivity contribution in [2.24, 2.45) is 0 Å². The van der Waals surface area contributed by atoms with E-state index in [-0.39, 0.29) is 0 Å². The summed E-state index contributed by atoms with van der Waals surface area (Å²) in [5.41, 5.74) is 10.0. The molecule has 2 heterocycles. The summed E-state index contributed by atoms with van der Waals surface area (Å²) < 4.78 is 1.82. The molecule has 1 atom stereocenters. The highest BCUT2D eigenvalue weighted by atomic mass is 35.5. The Morgan fingerprint density at radius 2 is 1.95 bits per heavy atom. The molecule has 1 aromatic carbocycles. The SMILES string of the molecule is CCC(C)c1ccc(-c2nc3c(Cl)cccn3c2N)cc1. The highest BCUT2D eigenvalue weighted by Crippen LogP contribution is 2.30. The van der Waals surface area contributed by atoms with E-state index in [2.05, 4.69) is 43.1 Å². The quantitative estimate of drug-likeness (QED) is 0.758. The van der Waals surface area contributed by atoms with Gasteiger partial charge in [-0.15, -0.1) is 0 Å². The van der Waals surface area contributed by atoms with Gasteiger partial charge in [0.15, 0.2) is 5.65 Å². The molecule has 4 heteroatoms. The number of pyridine rings is 1. The van der Waals surface area contributed by atoms with Crippen molar-refractivity contribution in [3.8, 4) is 11.3 Å². The van der Waals surface area contributed by atoms with Crippen LogP contribution < -0.4 is 5.73 Å². The maximum absolute atomic E-state index is 6.21. The molecule has 21 heavy (non-hydrogen) atoms. The first-order valence-electron chi connectivity index (χ1n) is 7.14. The minimum absolute atomic E-state index is 0.562. The molecule has 108 valence electrons. The number of aromatic nitrogens is 2. The number of hydrogen-bond acceptors (Lipinski definition) is 2. The van der Waals surface area contributed by atoms with Gasteiger partial charge in [-0.3, -0.25) is 4.40 Å². The Labute approximate surface area is 129 Å². The first kappa shape index (κ1) is 14.0. The van der Waals surface area contributed by atoms with Gasteiger partial charge in [0, 0.05) is 11.8 Å². The Bertz CT molecular complexity index is 775. The van der Waals surface area contributed by atoms with Gasteiger partial charge in [-0.05, 0) is 30.0 Å². The number of benzene rings is 1. The van der Waals surface area contributed by atoms with Gasteiger partial charge in [-0.1, -0.05) is 49.7 Å². The van der Waals surface area contributed by atoms with Gasteiger partial charge in [-0.2, -0.15) is 0 Å². The van der Waals surface area contributed by atoms with Crippen LogP contribution in [0.2, 0.25) is 5.02 Å². The van der Waals surface area contributed by atoms with E-state index in [0.29, 0.717) is 22.4 Å². The predicted molar refractivity (Wildman–Crippen MR) is 88.8 cm³/mol. The number of rotatable bonds is 3. The second-order valence-electron chi connectivity index (χ2n) is 5.33. The topological polar surface area (TPSA) is 43.3 Å². The van der Waals surface area contributed by atoms with Crippen molar-refractivity contribution >= 4 is 23.1 Å². The highest BCUT2D eigenvalue weighted by molar-refractivity contribution is 6.33. The summed E-state index contributed by atoms with van der Waals surface area (Å²) in [6.07, 6.45) is 3.01. The summed E-state index contributed by atoms with van der Waals surface area (Å²) in [5.74, 6) is 1.18. The van der Waals surface area contributed by atoms with E-state index in [9.17, 15) is 0 Å². The summed E-state index contributed by atoms with van der Waals surface area (Å²) in [6, 6.07) is 12.1. The maximum Gasteiger partial charge on any atom is 0.157 e. The van der Waals surface area contributed by atoms with Gasteiger partial charge < -0.3 is 5.73 Å². The normalized spacial score (nSPS) is 12.7. The van der Waals surface area contributed by atoms with E-state index >= 15 is 0 Å². The summed E-state index contributed by atoms with van der Waals surface area (Å²) in [4.78, 5) is 4.58. The minimum Gasteiger partial charge on any atom is -0.383 e. The van der Waals surface area contributed by atoms with Crippen molar-refractivity contribution in [3.63, 3.8) is 0 Å². The number of fused-ring (bicyclic) bond motifs is 1. The van der Waals surface area contributed by atoms with Crippen molar-refractivity contribution in [1.82, 2.24) is 9.38 Å². The smallest absolute Gasteiger partial charge is 0.157 e. The molecule has 3 nitrogen and oxygen atoms in total. The van der Waals surface area contributed by atoms with Crippen LogP contribution in [0.3, 0.4) is 0 Å².